The number of fused-ring (bicyclic) bond motifs is 1. The molecule has 0 radical (unpaired) electrons. The molecule has 1 atom stereocenters. The first-order valence-corrected chi connectivity index (χ1v) is 9.21. The van der Waals surface area contributed by atoms with Crippen LogP contribution in [0.4, 0.5) is 0 Å². The van der Waals surface area contributed by atoms with Crippen LogP contribution in [0.2, 0.25) is 0 Å². The average molecular weight is 360 g/mol. The average Bonchev–Trinajstić information content (AvgIpc) is 3.04. The lowest BCUT2D eigenvalue weighted by atomic mass is 9.95. The third-order valence-electron chi connectivity index (χ3n) is 4.56. The van der Waals surface area contributed by atoms with Gasteiger partial charge >= 0.3 is 0 Å². The van der Waals surface area contributed by atoms with Crippen LogP contribution >= 0.6 is 0 Å². The van der Waals surface area contributed by atoms with Crippen molar-refractivity contribution in [3.63, 3.8) is 0 Å². The molecule has 27 heavy (non-hydrogen) atoms. The Bertz CT molecular complexity index is 1040. The van der Waals surface area contributed by atoms with Gasteiger partial charge in [0, 0.05) is 47.2 Å². The highest BCUT2D eigenvalue weighted by Crippen LogP contribution is 2.33. The van der Waals surface area contributed by atoms with Crippen LogP contribution in [0.25, 0.3) is 16.6 Å². The summed E-state index contributed by atoms with van der Waals surface area (Å²) in [6.45, 7) is 8.19. The summed E-state index contributed by atoms with van der Waals surface area (Å²) in [7, 11) is 0. The first-order chi connectivity index (χ1) is 12.9. The second kappa shape index (κ2) is 6.74. The van der Waals surface area contributed by atoms with Crippen molar-refractivity contribution in [3.8, 4) is 0 Å². The first kappa shape index (κ1) is 17.6. The molecule has 0 bridgehead atoms. The number of aromatic nitrogens is 3. The lowest BCUT2D eigenvalue weighted by Gasteiger charge is -2.28. The predicted octanol–water partition coefficient (Wildman–Crippen LogP) is 4.68. The Morgan fingerprint density at radius 3 is 2.63 bits per heavy atom. The summed E-state index contributed by atoms with van der Waals surface area (Å²) in [4.78, 5) is 17.0. The van der Waals surface area contributed by atoms with E-state index < -0.39 is 0 Å². The first-order valence-electron chi connectivity index (χ1n) is 9.21. The molecule has 4 rings (SSSR count). The van der Waals surface area contributed by atoms with Gasteiger partial charge < -0.3 is 9.72 Å². The minimum absolute atomic E-state index is 0.235. The van der Waals surface area contributed by atoms with Crippen molar-refractivity contribution in [2.75, 3.05) is 0 Å². The van der Waals surface area contributed by atoms with Gasteiger partial charge in [0.05, 0.1) is 11.3 Å². The summed E-state index contributed by atoms with van der Waals surface area (Å²) >= 11 is 0. The fraction of sp³-hybridized carbons (Fsp3) is 0.318. The zero-order chi connectivity index (χ0) is 19.0. The summed E-state index contributed by atoms with van der Waals surface area (Å²) in [6.07, 6.45) is 8.28. The molecule has 3 aromatic rings. The number of nitrogens with zero attached hydrogens (tertiary/aromatic N) is 3. The summed E-state index contributed by atoms with van der Waals surface area (Å²) in [6, 6.07) is 8.07. The molecule has 0 spiro atoms. The van der Waals surface area contributed by atoms with Crippen LogP contribution in [0, 0.1) is 6.92 Å². The van der Waals surface area contributed by atoms with Gasteiger partial charge in [0.2, 0.25) is 0 Å². The number of hydrogen-bond donors (Lipinski definition) is 1. The maximum absolute atomic E-state index is 6.24. The zero-order valence-electron chi connectivity index (χ0n) is 16.2. The molecule has 0 fully saturated rings. The predicted molar refractivity (Wildman–Crippen MR) is 109 cm³/mol. The quantitative estimate of drug-likeness (QED) is 0.737. The lowest BCUT2D eigenvalue weighted by molar-refractivity contribution is -0.0530. The van der Waals surface area contributed by atoms with Gasteiger partial charge in [-0.05, 0) is 63.6 Å². The van der Waals surface area contributed by atoms with E-state index in [-0.39, 0.29) is 11.8 Å². The van der Waals surface area contributed by atoms with E-state index in [0.717, 1.165) is 40.0 Å². The molecule has 5 heteroatoms. The Balaban J connectivity index is 1.81. The molecule has 0 saturated heterocycles. The number of dihydropyridines is 1. The minimum Gasteiger partial charge on any atom is -0.351 e. The molecule has 3 aromatic heterocycles. The van der Waals surface area contributed by atoms with Crippen LogP contribution in [0.3, 0.4) is 0 Å². The van der Waals surface area contributed by atoms with Gasteiger partial charge in [-0.1, -0.05) is 0 Å². The van der Waals surface area contributed by atoms with Crippen LogP contribution in [0.1, 0.15) is 44.0 Å². The molecule has 0 saturated carbocycles. The molecular formula is C22H24N4O. The summed E-state index contributed by atoms with van der Waals surface area (Å²) in [5.74, 6) is 0. The maximum atomic E-state index is 6.24. The molecule has 1 N–H and O–H groups in total. The lowest BCUT2D eigenvalue weighted by Crippen LogP contribution is -2.29. The normalized spacial score (nSPS) is 17.7. The number of rotatable bonds is 3. The highest BCUT2D eigenvalue weighted by molar-refractivity contribution is 6.14. The van der Waals surface area contributed by atoms with Gasteiger partial charge in [-0.15, -0.1) is 0 Å². The Labute approximate surface area is 159 Å². The van der Waals surface area contributed by atoms with Crippen molar-refractivity contribution in [1.82, 2.24) is 15.0 Å². The Hall–Kier alpha value is -2.79. The van der Waals surface area contributed by atoms with E-state index >= 15 is 0 Å². The fourth-order valence-corrected chi connectivity index (χ4v) is 3.44. The zero-order valence-corrected chi connectivity index (χ0v) is 16.2. The number of aromatic amines is 1. The molecule has 4 heterocycles. The fourth-order valence-electron chi connectivity index (χ4n) is 3.44. The van der Waals surface area contributed by atoms with E-state index in [1.807, 2.05) is 25.3 Å². The van der Waals surface area contributed by atoms with Gasteiger partial charge in [0.1, 0.15) is 5.65 Å². The van der Waals surface area contributed by atoms with Crippen LogP contribution in [-0.4, -0.2) is 32.5 Å². The Kier molecular flexibility index (Phi) is 4.40. The highest BCUT2D eigenvalue weighted by atomic mass is 16.5. The topological polar surface area (TPSA) is 63.2 Å². The smallest absolute Gasteiger partial charge is 0.153 e. The van der Waals surface area contributed by atoms with Gasteiger partial charge in [-0.3, -0.25) is 9.98 Å². The molecule has 0 amide bonds. The van der Waals surface area contributed by atoms with E-state index in [4.69, 9.17) is 9.73 Å². The van der Waals surface area contributed by atoms with E-state index in [1.165, 1.54) is 5.57 Å². The largest absolute Gasteiger partial charge is 0.351 e. The van der Waals surface area contributed by atoms with Crippen LogP contribution in [0.5, 0.6) is 0 Å². The number of pyridine rings is 2. The maximum Gasteiger partial charge on any atom is 0.153 e. The van der Waals surface area contributed by atoms with E-state index in [1.54, 1.807) is 12.4 Å². The molecule has 0 aliphatic carbocycles. The van der Waals surface area contributed by atoms with Gasteiger partial charge in [0.25, 0.3) is 0 Å². The molecule has 1 aliphatic heterocycles. The van der Waals surface area contributed by atoms with Crippen molar-refractivity contribution in [2.24, 2.45) is 4.99 Å². The summed E-state index contributed by atoms with van der Waals surface area (Å²) in [5, 5.41) is 1.11. The molecule has 1 aliphatic rings. The molecule has 1 unspecified atom stereocenters. The van der Waals surface area contributed by atoms with Gasteiger partial charge in [-0.2, -0.15) is 0 Å². The van der Waals surface area contributed by atoms with E-state index in [0.29, 0.717) is 0 Å². The summed E-state index contributed by atoms with van der Waals surface area (Å²) in [5.41, 5.74) is 5.87. The second-order valence-corrected chi connectivity index (χ2v) is 7.81. The SMILES string of the molecule is Cc1ncccc1C1=NC(OC(C)(C)C)CC(c2c[nH]c3ncccc23)=C1. The van der Waals surface area contributed by atoms with Crippen molar-refractivity contribution in [3.05, 3.63) is 65.8 Å². The van der Waals surface area contributed by atoms with Crippen molar-refractivity contribution < 1.29 is 4.74 Å². The van der Waals surface area contributed by atoms with Crippen LogP contribution < -0.4 is 0 Å². The number of aryl methyl sites for hydroxylation is 1. The number of nitrogens with one attached hydrogen (secondary N) is 1. The van der Waals surface area contributed by atoms with Crippen molar-refractivity contribution >= 4 is 22.3 Å². The Morgan fingerprint density at radius 1 is 1.07 bits per heavy atom. The number of allylic oxidation sites excluding steroid dienone is 1. The van der Waals surface area contributed by atoms with Crippen molar-refractivity contribution in [1.29, 1.82) is 0 Å². The van der Waals surface area contributed by atoms with Gasteiger partial charge in [-0.25, -0.2) is 4.98 Å². The van der Waals surface area contributed by atoms with E-state index in [2.05, 4.69) is 53.9 Å². The van der Waals surface area contributed by atoms with Crippen LogP contribution in [-0.2, 0) is 4.74 Å². The monoisotopic (exact) mass is 360 g/mol. The van der Waals surface area contributed by atoms with E-state index in [9.17, 15) is 0 Å². The minimum atomic E-state index is -0.270. The number of hydrogen-bond acceptors (Lipinski definition) is 4. The third-order valence-corrected chi connectivity index (χ3v) is 4.56. The second-order valence-electron chi connectivity index (χ2n) is 7.81. The molecule has 5 nitrogen and oxygen atoms in total. The number of ether oxygens (including phenoxy) is 1. The Morgan fingerprint density at radius 2 is 1.85 bits per heavy atom. The molecular weight excluding hydrogens is 336 g/mol. The van der Waals surface area contributed by atoms with Gasteiger partial charge in [0.15, 0.2) is 6.23 Å². The standard InChI is InChI=1S/C22H24N4O/c1-14-16(7-5-9-23-14)19-11-15(12-20(26-19)27-22(2,3)4)18-13-25-21-17(18)8-6-10-24-21/h5-11,13,20H,12H2,1-4H3,(H,24,25). The third kappa shape index (κ3) is 3.69. The van der Waals surface area contributed by atoms with Crippen molar-refractivity contribution in [2.45, 2.75) is 45.9 Å². The van der Waals surface area contributed by atoms with Crippen LogP contribution in [0.15, 0.2) is 53.9 Å². The molecule has 138 valence electrons. The molecule has 0 aromatic carbocycles. The summed E-state index contributed by atoms with van der Waals surface area (Å²) < 4.78 is 6.24. The number of aliphatic imine (C=N–C) groups is 1. The number of H-pyrrole nitrogens is 1. The highest BCUT2D eigenvalue weighted by Gasteiger charge is 2.25.